The highest BCUT2D eigenvalue weighted by atomic mass is 16.3. The molecule has 0 aliphatic carbocycles. The molecule has 1 unspecified atom stereocenters. The molecule has 1 aliphatic heterocycles. The van der Waals surface area contributed by atoms with Gasteiger partial charge in [0, 0.05) is 26.2 Å². The molecule has 2 rings (SSSR count). The molecule has 5 heteroatoms. The summed E-state index contributed by atoms with van der Waals surface area (Å²) in [6.07, 6.45) is 6.14. The van der Waals surface area contributed by atoms with Crippen molar-refractivity contribution in [3.05, 3.63) is 12.4 Å². The second-order valence-corrected chi connectivity index (χ2v) is 5.18. The van der Waals surface area contributed by atoms with Gasteiger partial charge >= 0.3 is 0 Å². The van der Waals surface area contributed by atoms with Crippen LogP contribution in [0, 0.1) is 0 Å². The molecule has 0 bridgehead atoms. The molecule has 1 atom stereocenters. The van der Waals surface area contributed by atoms with Crippen molar-refractivity contribution >= 4 is 11.6 Å². The molecule has 0 amide bonds. The molecule has 0 saturated carbocycles. The van der Waals surface area contributed by atoms with Gasteiger partial charge in [-0.3, -0.25) is 0 Å². The standard InChI is InChI=1S/C14H24N4O/c1-3-4-7-17(2)13-9-14(16-11-15-13)18-8-5-6-12(18)10-19/h9,11-12,19H,3-8,10H2,1-2H3. The van der Waals surface area contributed by atoms with Gasteiger partial charge in [-0.1, -0.05) is 13.3 Å². The van der Waals surface area contributed by atoms with Crippen LogP contribution in [-0.4, -0.2) is 47.9 Å². The number of aliphatic hydroxyl groups excluding tert-OH is 1. The van der Waals surface area contributed by atoms with Gasteiger partial charge in [0.2, 0.25) is 0 Å². The monoisotopic (exact) mass is 264 g/mol. The average molecular weight is 264 g/mol. The Morgan fingerprint density at radius 1 is 1.47 bits per heavy atom. The summed E-state index contributed by atoms with van der Waals surface area (Å²) in [6.45, 7) is 4.37. The van der Waals surface area contributed by atoms with E-state index in [9.17, 15) is 5.11 Å². The number of rotatable bonds is 6. The lowest BCUT2D eigenvalue weighted by Crippen LogP contribution is -2.33. The molecular formula is C14H24N4O. The Kier molecular flexibility index (Phi) is 4.96. The summed E-state index contributed by atoms with van der Waals surface area (Å²) in [5.41, 5.74) is 0. The highest BCUT2D eigenvalue weighted by Crippen LogP contribution is 2.25. The molecule has 0 aromatic carbocycles. The van der Waals surface area contributed by atoms with Gasteiger partial charge in [0.05, 0.1) is 12.6 Å². The summed E-state index contributed by atoms with van der Waals surface area (Å²) < 4.78 is 0. The van der Waals surface area contributed by atoms with Crippen LogP contribution >= 0.6 is 0 Å². The quantitative estimate of drug-likeness (QED) is 0.847. The first-order chi connectivity index (χ1) is 9.26. The van der Waals surface area contributed by atoms with E-state index in [2.05, 4.69) is 33.7 Å². The third-order valence-corrected chi connectivity index (χ3v) is 3.76. The van der Waals surface area contributed by atoms with Crippen LogP contribution in [-0.2, 0) is 0 Å². The normalized spacial score (nSPS) is 18.9. The molecule has 1 aliphatic rings. The van der Waals surface area contributed by atoms with E-state index in [4.69, 9.17) is 0 Å². The van der Waals surface area contributed by atoms with Crippen LogP contribution in [0.4, 0.5) is 11.6 Å². The number of hydrogen-bond acceptors (Lipinski definition) is 5. The molecule has 1 N–H and O–H groups in total. The number of anilines is 2. The molecule has 19 heavy (non-hydrogen) atoms. The lowest BCUT2D eigenvalue weighted by molar-refractivity contribution is 0.266. The molecule has 5 nitrogen and oxygen atoms in total. The van der Waals surface area contributed by atoms with Gasteiger partial charge in [0.15, 0.2) is 0 Å². The zero-order valence-corrected chi connectivity index (χ0v) is 11.9. The first kappa shape index (κ1) is 14.1. The van der Waals surface area contributed by atoms with Crippen LogP contribution in [0.25, 0.3) is 0 Å². The van der Waals surface area contributed by atoms with Crippen molar-refractivity contribution in [1.82, 2.24) is 9.97 Å². The molecule has 1 saturated heterocycles. The van der Waals surface area contributed by atoms with E-state index in [-0.39, 0.29) is 12.6 Å². The Bertz CT molecular complexity index is 399. The minimum Gasteiger partial charge on any atom is -0.394 e. The topological polar surface area (TPSA) is 52.5 Å². The van der Waals surface area contributed by atoms with Crippen molar-refractivity contribution in [1.29, 1.82) is 0 Å². The number of aromatic nitrogens is 2. The minimum atomic E-state index is 0.199. The van der Waals surface area contributed by atoms with Gasteiger partial charge in [-0.15, -0.1) is 0 Å². The Hall–Kier alpha value is -1.36. The maximum Gasteiger partial charge on any atom is 0.134 e. The molecule has 1 fully saturated rings. The first-order valence-corrected chi connectivity index (χ1v) is 7.17. The number of aliphatic hydroxyl groups is 1. The fourth-order valence-corrected chi connectivity index (χ4v) is 2.54. The zero-order chi connectivity index (χ0) is 13.7. The summed E-state index contributed by atoms with van der Waals surface area (Å²) in [4.78, 5) is 13.1. The Morgan fingerprint density at radius 2 is 2.32 bits per heavy atom. The summed E-state index contributed by atoms with van der Waals surface area (Å²) in [5.74, 6) is 1.90. The molecule has 0 spiro atoms. The van der Waals surface area contributed by atoms with Gasteiger partial charge in [0.25, 0.3) is 0 Å². The summed E-state index contributed by atoms with van der Waals surface area (Å²) in [6, 6.07) is 2.24. The summed E-state index contributed by atoms with van der Waals surface area (Å²) in [5, 5.41) is 9.40. The fraction of sp³-hybridized carbons (Fsp3) is 0.714. The van der Waals surface area contributed by atoms with Gasteiger partial charge < -0.3 is 14.9 Å². The molecule has 1 aromatic rings. The van der Waals surface area contributed by atoms with Crippen molar-refractivity contribution < 1.29 is 5.11 Å². The van der Waals surface area contributed by atoms with Crippen molar-refractivity contribution in [3.8, 4) is 0 Å². The van der Waals surface area contributed by atoms with Gasteiger partial charge in [-0.2, -0.15) is 0 Å². The SMILES string of the molecule is CCCCN(C)c1cc(N2CCCC2CO)ncn1. The van der Waals surface area contributed by atoms with Crippen molar-refractivity contribution in [3.63, 3.8) is 0 Å². The van der Waals surface area contributed by atoms with Crippen LogP contribution in [0.1, 0.15) is 32.6 Å². The number of unbranched alkanes of at least 4 members (excludes halogenated alkanes) is 1. The Balaban J connectivity index is 2.10. The van der Waals surface area contributed by atoms with Gasteiger partial charge in [0.1, 0.15) is 18.0 Å². The fourth-order valence-electron chi connectivity index (χ4n) is 2.54. The van der Waals surface area contributed by atoms with E-state index >= 15 is 0 Å². The van der Waals surface area contributed by atoms with Crippen molar-refractivity contribution in [2.24, 2.45) is 0 Å². The molecule has 0 radical (unpaired) electrons. The lowest BCUT2D eigenvalue weighted by Gasteiger charge is -2.25. The van der Waals surface area contributed by atoms with Crippen LogP contribution in [0.5, 0.6) is 0 Å². The maximum absolute atomic E-state index is 9.40. The highest BCUT2D eigenvalue weighted by Gasteiger charge is 2.25. The van der Waals surface area contributed by atoms with Crippen LogP contribution < -0.4 is 9.80 Å². The van der Waals surface area contributed by atoms with Gasteiger partial charge in [-0.05, 0) is 19.3 Å². The summed E-state index contributed by atoms with van der Waals surface area (Å²) >= 11 is 0. The highest BCUT2D eigenvalue weighted by molar-refractivity contribution is 5.50. The van der Waals surface area contributed by atoms with Crippen LogP contribution in [0.15, 0.2) is 12.4 Å². The van der Waals surface area contributed by atoms with Crippen molar-refractivity contribution in [2.45, 2.75) is 38.6 Å². The number of hydrogen-bond donors (Lipinski definition) is 1. The molecular weight excluding hydrogens is 240 g/mol. The molecule has 1 aromatic heterocycles. The first-order valence-electron chi connectivity index (χ1n) is 7.17. The zero-order valence-electron chi connectivity index (χ0n) is 11.9. The van der Waals surface area contributed by atoms with Crippen molar-refractivity contribution in [2.75, 3.05) is 36.5 Å². The second-order valence-electron chi connectivity index (χ2n) is 5.18. The van der Waals surface area contributed by atoms with E-state index in [1.807, 2.05) is 6.07 Å². The second kappa shape index (κ2) is 6.70. The van der Waals surface area contributed by atoms with E-state index in [0.29, 0.717) is 0 Å². The minimum absolute atomic E-state index is 0.199. The van der Waals surface area contributed by atoms with Crippen LogP contribution in [0.2, 0.25) is 0 Å². The average Bonchev–Trinajstić information content (AvgIpc) is 2.93. The van der Waals surface area contributed by atoms with E-state index < -0.39 is 0 Å². The molecule has 2 heterocycles. The van der Waals surface area contributed by atoms with E-state index in [1.54, 1.807) is 6.33 Å². The number of nitrogens with zero attached hydrogens (tertiary/aromatic N) is 4. The van der Waals surface area contributed by atoms with Crippen LogP contribution in [0.3, 0.4) is 0 Å². The lowest BCUT2D eigenvalue weighted by atomic mass is 10.2. The maximum atomic E-state index is 9.40. The predicted octanol–water partition coefficient (Wildman–Crippen LogP) is 1.67. The predicted molar refractivity (Wildman–Crippen MR) is 77.7 cm³/mol. The Labute approximate surface area is 115 Å². The Morgan fingerprint density at radius 3 is 3.05 bits per heavy atom. The van der Waals surface area contributed by atoms with E-state index in [0.717, 1.165) is 37.6 Å². The third kappa shape index (κ3) is 3.35. The molecule has 106 valence electrons. The largest absolute Gasteiger partial charge is 0.394 e. The smallest absolute Gasteiger partial charge is 0.134 e. The van der Waals surface area contributed by atoms with E-state index in [1.165, 1.54) is 12.8 Å². The summed E-state index contributed by atoms with van der Waals surface area (Å²) in [7, 11) is 2.06. The third-order valence-electron chi connectivity index (χ3n) is 3.76. The van der Waals surface area contributed by atoms with Gasteiger partial charge in [-0.25, -0.2) is 9.97 Å².